The van der Waals surface area contributed by atoms with E-state index >= 15 is 0 Å². The van der Waals surface area contributed by atoms with Crippen LogP contribution in [0.5, 0.6) is 11.5 Å². The molecule has 0 atom stereocenters. The molecular weight excluding hydrogens is 304 g/mol. The highest BCUT2D eigenvalue weighted by Gasteiger charge is 2.24. The molecule has 0 spiro atoms. The lowest BCUT2D eigenvalue weighted by Gasteiger charge is -2.32. The number of ether oxygens (including phenoxy) is 2. The summed E-state index contributed by atoms with van der Waals surface area (Å²) in [6.07, 6.45) is 1.99. The van der Waals surface area contributed by atoms with Gasteiger partial charge in [-0.2, -0.15) is 0 Å². The monoisotopic (exact) mass is 328 g/mol. The van der Waals surface area contributed by atoms with Crippen LogP contribution in [0.25, 0.3) is 0 Å². The van der Waals surface area contributed by atoms with Crippen molar-refractivity contribution in [3.63, 3.8) is 0 Å². The molecule has 1 aliphatic rings. The Bertz CT molecular complexity index is 516. The van der Waals surface area contributed by atoms with Gasteiger partial charge in [-0.25, -0.2) is 0 Å². The first-order chi connectivity index (χ1) is 10.1. The standard InChI is InChI=1S/C16H24N2O3.ClH/c1-11-9-14(20-3)15(21-4)10-13(11)16(19)18(2)12-5-7-17-8-6-12;/h9-10,12,17H,5-8H2,1-4H3;1H. The molecule has 0 aromatic heterocycles. The van der Waals surface area contributed by atoms with Crippen molar-refractivity contribution in [1.82, 2.24) is 10.2 Å². The van der Waals surface area contributed by atoms with Crippen molar-refractivity contribution in [2.75, 3.05) is 34.4 Å². The largest absolute Gasteiger partial charge is 0.493 e. The van der Waals surface area contributed by atoms with Crippen LogP contribution in [0.3, 0.4) is 0 Å². The van der Waals surface area contributed by atoms with Gasteiger partial charge in [-0.3, -0.25) is 4.79 Å². The molecule has 1 aliphatic heterocycles. The zero-order chi connectivity index (χ0) is 15.4. The Morgan fingerprint density at radius 2 is 1.73 bits per heavy atom. The van der Waals surface area contributed by atoms with E-state index in [0.29, 0.717) is 23.1 Å². The third-order valence-corrected chi connectivity index (χ3v) is 4.14. The van der Waals surface area contributed by atoms with E-state index in [1.807, 2.05) is 24.9 Å². The van der Waals surface area contributed by atoms with Crippen molar-refractivity contribution in [2.45, 2.75) is 25.8 Å². The zero-order valence-corrected chi connectivity index (χ0v) is 14.5. The van der Waals surface area contributed by atoms with Gasteiger partial charge in [0.2, 0.25) is 0 Å². The number of carbonyl (C=O) groups excluding carboxylic acids is 1. The minimum atomic E-state index is 0. The summed E-state index contributed by atoms with van der Waals surface area (Å²) in [7, 11) is 5.06. The average molecular weight is 329 g/mol. The van der Waals surface area contributed by atoms with Crippen LogP contribution in [0.4, 0.5) is 0 Å². The molecule has 6 heteroatoms. The zero-order valence-electron chi connectivity index (χ0n) is 13.6. The smallest absolute Gasteiger partial charge is 0.254 e. The second kappa shape index (κ2) is 8.25. The van der Waals surface area contributed by atoms with Crippen LogP contribution in [0.15, 0.2) is 12.1 Å². The first-order valence-electron chi connectivity index (χ1n) is 7.29. The van der Waals surface area contributed by atoms with E-state index in [4.69, 9.17) is 9.47 Å². The molecule has 0 radical (unpaired) electrons. The predicted molar refractivity (Wildman–Crippen MR) is 89.5 cm³/mol. The first kappa shape index (κ1) is 18.6. The summed E-state index contributed by atoms with van der Waals surface area (Å²) in [5.74, 6) is 1.28. The fourth-order valence-corrected chi connectivity index (χ4v) is 2.76. The molecule has 0 saturated carbocycles. The second-order valence-corrected chi connectivity index (χ2v) is 5.42. The lowest BCUT2D eigenvalue weighted by atomic mass is 10.0. The van der Waals surface area contributed by atoms with E-state index in [0.717, 1.165) is 31.5 Å². The van der Waals surface area contributed by atoms with Crippen LogP contribution in [-0.4, -0.2) is 51.2 Å². The van der Waals surface area contributed by atoms with Crippen molar-refractivity contribution in [3.8, 4) is 11.5 Å². The summed E-state index contributed by atoms with van der Waals surface area (Å²) < 4.78 is 10.6. The van der Waals surface area contributed by atoms with Crippen LogP contribution in [0.1, 0.15) is 28.8 Å². The Morgan fingerprint density at radius 1 is 1.18 bits per heavy atom. The lowest BCUT2D eigenvalue weighted by Crippen LogP contribution is -2.44. The van der Waals surface area contributed by atoms with E-state index in [2.05, 4.69) is 5.32 Å². The highest BCUT2D eigenvalue weighted by atomic mass is 35.5. The van der Waals surface area contributed by atoms with Gasteiger partial charge in [0.25, 0.3) is 5.91 Å². The van der Waals surface area contributed by atoms with Crippen molar-refractivity contribution < 1.29 is 14.3 Å². The number of halogens is 1. The number of aryl methyl sites for hydroxylation is 1. The number of rotatable bonds is 4. The maximum Gasteiger partial charge on any atom is 0.254 e. The van der Waals surface area contributed by atoms with E-state index in [-0.39, 0.29) is 18.3 Å². The van der Waals surface area contributed by atoms with Crippen molar-refractivity contribution in [1.29, 1.82) is 0 Å². The molecule has 1 N–H and O–H groups in total. The number of nitrogens with zero attached hydrogens (tertiary/aromatic N) is 1. The lowest BCUT2D eigenvalue weighted by molar-refractivity contribution is 0.0702. The van der Waals surface area contributed by atoms with Gasteiger partial charge in [-0.1, -0.05) is 0 Å². The molecule has 124 valence electrons. The number of carbonyl (C=O) groups is 1. The van der Waals surface area contributed by atoms with E-state index in [1.165, 1.54) is 0 Å². The van der Waals surface area contributed by atoms with Gasteiger partial charge in [0, 0.05) is 18.7 Å². The Hall–Kier alpha value is -1.46. The number of nitrogens with one attached hydrogen (secondary N) is 1. The summed E-state index contributed by atoms with van der Waals surface area (Å²) in [6.45, 7) is 3.85. The van der Waals surface area contributed by atoms with Gasteiger partial charge in [-0.05, 0) is 50.6 Å². The molecule has 1 aromatic rings. The summed E-state index contributed by atoms with van der Waals surface area (Å²) in [6, 6.07) is 3.92. The molecule has 2 rings (SSSR count). The summed E-state index contributed by atoms with van der Waals surface area (Å²) in [4.78, 5) is 14.6. The highest BCUT2D eigenvalue weighted by Crippen LogP contribution is 2.31. The van der Waals surface area contributed by atoms with E-state index < -0.39 is 0 Å². The minimum Gasteiger partial charge on any atom is -0.493 e. The quantitative estimate of drug-likeness (QED) is 0.921. The van der Waals surface area contributed by atoms with Crippen LogP contribution in [-0.2, 0) is 0 Å². The van der Waals surface area contributed by atoms with Gasteiger partial charge in [0.1, 0.15) is 0 Å². The molecule has 1 heterocycles. The molecule has 1 amide bonds. The van der Waals surface area contributed by atoms with Crippen LogP contribution >= 0.6 is 12.4 Å². The summed E-state index contributed by atoms with van der Waals surface area (Å²) in [5, 5.41) is 3.32. The first-order valence-corrected chi connectivity index (χ1v) is 7.29. The number of hydrogen-bond donors (Lipinski definition) is 1. The molecule has 0 unspecified atom stereocenters. The molecule has 1 fully saturated rings. The number of hydrogen-bond acceptors (Lipinski definition) is 4. The second-order valence-electron chi connectivity index (χ2n) is 5.42. The van der Waals surface area contributed by atoms with Gasteiger partial charge >= 0.3 is 0 Å². The van der Waals surface area contributed by atoms with Gasteiger partial charge < -0.3 is 19.7 Å². The topological polar surface area (TPSA) is 50.8 Å². The number of amides is 1. The number of benzene rings is 1. The normalized spacial score (nSPS) is 14.9. The molecular formula is C16H25ClN2O3. The highest BCUT2D eigenvalue weighted by molar-refractivity contribution is 5.96. The fourth-order valence-electron chi connectivity index (χ4n) is 2.76. The molecule has 1 aromatic carbocycles. The Balaban J connectivity index is 0.00000242. The van der Waals surface area contributed by atoms with E-state index in [1.54, 1.807) is 20.3 Å². The maximum absolute atomic E-state index is 12.7. The molecule has 1 saturated heterocycles. The Morgan fingerprint density at radius 3 is 2.27 bits per heavy atom. The molecule has 22 heavy (non-hydrogen) atoms. The summed E-state index contributed by atoms with van der Waals surface area (Å²) in [5.41, 5.74) is 1.58. The van der Waals surface area contributed by atoms with Gasteiger partial charge in [0.15, 0.2) is 11.5 Å². The maximum atomic E-state index is 12.7. The van der Waals surface area contributed by atoms with Gasteiger partial charge in [-0.15, -0.1) is 12.4 Å². The summed E-state index contributed by atoms with van der Waals surface area (Å²) >= 11 is 0. The average Bonchev–Trinajstić information content (AvgIpc) is 2.54. The SMILES string of the molecule is COc1cc(C)c(C(=O)N(C)C2CCNCC2)cc1OC.Cl. The van der Waals surface area contributed by atoms with Crippen LogP contribution in [0.2, 0.25) is 0 Å². The van der Waals surface area contributed by atoms with Gasteiger partial charge in [0.05, 0.1) is 14.2 Å². The van der Waals surface area contributed by atoms with E-state index in [9.17, 15) is 4.79 Å². The van der Waals surface area contributed by atoms with Crippen LogP contribution in [0, 0.1) is 6.92 Å². The van der Waals surface area contributed by atoms with Crippen molar-refractivity contribution in [2.24, 2.45) is 0 Å². The predicted octanol–water partition coefficient (Wildman–Crippen LogP) is 2.26. The fraction of sp³-hybridized carbons (Fsp3) is 0.562. The molecule has 5 nitrogen and oxygen atoms in total. The molecule has 0 aliphatic carbocycles. The molecule has 0 bridgehead atoms. The Labute approximate surface area is 138 Å². The Kier molecular flexibility index (Phi) is 6.97. The number of methoxy groups -OCH3 is 2. The van der Waals surface area contributed by atoms with Crippen molar-refractivity contribution >= 4 is 18.3 Å². The van der Waals surface area contributed by atoms with Crippen molar-refractivity contribution in [3.05, 3.63) is 23.3 Å². The number of piperidine rings is 1. The third kappa shape index (κ3) is 3.84. The minimum absolute atomic E-state index is 0. The third-order valence-electron chi connectivity index (χ3n) is 4.14. The van der Waals surface area contributed by atoms with Crippen LogP contribution < -0.4 is 14.8 Å².